The van der Waals surface area contributed by atoms with Crippen LogP contribution in [0.2, 0.25) is 5.02 Å². The van der Waals surface area contributed by atoms with Gasteiger partial charge in [-0.2, -0.15) is 5.26 Å². The van der Waals surface area contributed by atoms with Crippen molar-refractivity contribution in [3.8, 4) is 6.07 Å². The lowest BCUT2D eigenvalue weighted by Gasteiger charge is -2.28. The molecule has 0 saturated heterocycles. The number of nitriles is 1. The van der Waals surface area contributed by atoms with E-state index in [1.54, 1.807) is 38.1 Å². The van der Waals surface area contributed by atoms with E-state index in [4.69, 9.17) is 16.3 Å². The van der Waals surface area contributed by atoms with E-state index in [0.29, 0.717) is 32.6 Å². The predicted molar refractivity (Wildman–Crippen MR) is 125 cm³/mol. The fourth-order valence-corrected chi connectivity index (χ4v) is 4.97. The van der Waals surface area contributed by atoms with E-state index < -0.39 is 11.9 Å². The Hall–Kier alpha value is -2.73. The van der Waals surface area contributed by atoms with E-state index in [-0.39, 0.29) is 18.3 Å². The third kappa shape index (κ3) is 5.50. The van der Waals surface area contributed by atoms with Gasteiger partial charge in [0, 0.05) is 21.3 Å². The lowest BCUT2D eigenvalue weighted by atomic mass is 9.87. The highest BCUT2D eigenvalue weighted by Gasteiger charge is 2.36. The molecular weight excluding hydrogens is 454 g/mol. The van der Waals surface area contributed by atoms with Gasteiger partial charge in [-0.1, -0.05) is 29.4 Å². The second-order valence-corrected chi connectivity index (χ2v) is 8.93. The maximum absolute atomic E-state index is 12.6. The Labute approximate surface area is 193 Å². The number of nitrogens with one attached hydrogen (secondary N) is 2. The van der Waals surface area contributed by atoms with Crippen LogP contribution in [-0.2, 0) is 14.3 Å². The standard InChI is InChI=1S/C22H20ClN3O3S2/c1-3-29-22(28)19-13(2)25-21(16(11-24)20(19)17-5-4-10-30-17)31-12-18(27)26-15-8-6-14(23)7-9-15/h4-10,20,25H,3,12H2,1-2H3,(H,26,27). The molecule has 3 rings (SSSR count). The molecule has 0 spiro atoms. The number of carbonyl (C=O) groups is 2. The summed E-state index contributed by atoms with van der Waals surface area (Å²) < 4.78 is 5.24. The summed E-state index contributed by atoms with van der Waals surface area (Å²) in [6.45, 7) is 3.76. The van der Waals surface area contributed by atoms with Crippen LogP contribution in [0.15, 0.2) is 63.7 Å². The molecule has 9 heteroatoms. The minimum Gasteiger partial charge on any atom is -0.463 e. The molecular formula is C22H20ClN3O3S2. The summed E-state index contributed by atoms with van der Waals surface area (Å²) in [6.07, 6.45) is 0. The Bertz CT molecular complexity index is 1070. The van der Waals surface area contributed by atoms with Crippen LogP contribution in [0.3, 0.4) is 0 Å². The molecule has 6 nitrogen and oxygen atoms in total. The molecule has 1 unspecified atom stereocenters. The number of dihydropyridines is 1. The van der Waals surface area contributed by atoms with Crippen molar-refractivity contribution in [3.05, 3.63) is 73.6 Å². The van der Waals surface area contributed by atoms with E-state index in [2.05, 4.69) is 16.7 Å². The number of rotatable bonds is 7. The third-order valence-electron chi connectivity index (χ3n) is 4.45. The fraction of sp³-hybridized carbons (Fsp3) is 0.227. The number of thiophene rings is 1. The summed E-state index contributed by atoms with van der Waals surface area (Å²) in [5.41, 5.74) is 2.05. The van der Waals surface area contributed by atoms with Crippen LogP contribution in [0.5, 0.6) is 0 Å². The Kier molecular flexibility index (Phi) is 7.80. The maximum Gasteiger partial charge on any atom is 0.336 e. The van der Waals surface area contributed by atoms with Gasteiger partial charge in [-0.3, -0.25) is 4.79 Å². The van der Waals surface area contributed by atoms with Gasteiger partial charge in [0.25, 0.3) is 0 Å². The van der Waals surface area contributed by atoms with E-state index >= 15 is 0 Å². The molecule has 2 aromatic rings. The number of amides is 1. The van der Waals surface area contributed by atoms with Crippen LogP contribution in [0.25, 0.3) is 0 Å². The van der Waals surface area contributed by atoms with Crippen molar-refractivity contribution in [2.45, 2.75) is 19.8 Å². The molecule has 2 N–H and O–H groups in total. The van der Waals surface area contributed by atoms with Crippen molar-refractivity contribution >= 4 is 52.3 Å². The summed E-state index contributed by atoms with van der Waals surface area (Å²) in [5, 5.41) is 18.9. The molecule has 0 fully saturated rings. The SMILES string of the molecule is CCOC(=O)C1=C(C)NC(SCC(=O)Nc2ccc(Cl)cc2)=C(C#N)C1c1cccs1. The van der Waals surface area contributed by atoms with Crippen LogP contribution >= 0.6 is 34.7 Å². The van der Waals surface area contributed by atoms with Gasteiger partial charge < -0.3 is 15.4 Å². The zero-order chi connectivity index (χ0) is 22.4. The average molecular weight is 474 g/mol. The zero-order valence-corrected chi connectivity index (χ0v) is 19.3. The Morgan fingerprint density at radius 2 is 2.06 bits per heavy atom. The first-order valence-corrected chi connectivity index (χ1v) is 11.7. The van der Waals surface area contributed by atoms with Crippen molar-refractivity contribution in [3.63, 3.8) is 0 Å². The van der Waals surface area contributed by atoms with Crippen LogP contribution in [0.4, 0.5) is 5.69 Å². The summed E-state index contributed by atoms with van der Waals surface area (Å²) in [4.78, 5) is 25.9. The highest BCUT2D eigenvalue weighted by Crippen LogP contribution is 2.42. The van der Waals surface area contributed by atoms with Gasteiger partial charge >= 0.3 is 5.97 Å². The Morgan fingerprint density at radius 1 is 1.32 bits per heavy atom. The van der Waals surface area contributed by atoms with Gasteiger partial charge in [0.1, 0.15) is 0 Å². The van der Waals surface area contributed by atoms with E-state index in [0.717, 1.165) is 4.88 Å². The van der Waals surface area contributed by atoms with Gasteiger partial charge in [-0.25, -0.2) is 4.79 Å². The van der Waals surface area contributed by atoms with E-state index in [1.807, 2.05) is 17.5 Å². The van der Waals surface area contributed by atoms with Gasteiger partial charge in [-0.05, 0) is 49.6 Å². The van der Waals surface area contributed by atoms with Gasteiger partial charge in [0.15, 0.2) is 0 Å². The normalized spacial score (nSPS) is 15.9. The number of ether oxygens (including phenoxy) is 1. The second-order valence-electron chi connectivity index (χ2n) is 6.53. The molecule has 160 valence electrons. The first-order chi connectivity index (χ1) is 14.9. The number of thioether (sulfide) groups is 1. The first-order valence-electron chi connectivity index (χ1n) is 9.45. The second kappa shape index (κ2) is 10.5. The van der Waals surface area contributed by atoms with Crippen LogP contribution in [0.1, 0.15) is 24.6 Å². The van der Waals surface area contributed by atoms with E-state index in [9.17, 15) is 14.9 Å². The van der Waals surface area contributed by atoms with E-state index in [1.165, 1.54) is 23.1 Å². The molecule has 2 heterocycles. The van der Waals surface area contributed by atoms with Gasteiger partial charge in [0.05, 0.1) is 40.5 Å². The number of nitrogens with zero attached hydrogens (tertiary/aromatic N) is 1. The number of hydrogen-bond donors (Lipinski definition) is 2. The average Bonchev–Trinajstić information content (AvgIpc) is 3.28. The predicted octanol–water partition coefficient (Wildman–Crippen LogP) is 5.03. The molecule has 1 atom stereocenters. The lowest BCUT2D eigenvalue weighted by molar-refractivity contribution is -0.138. The molecule has 1 amide bonds. The topological polar surface area (TPSA) is 91.2 Å². The number of carbonyl (C=O) groups excluding carboxylic acids is 2. The number of halogens is 1. The van der Waals surface area contributed by atoms with Crippen molar-refractivity contribution < 1.29 is 14.3 Å². The Morgan fingerprint density at radius 3 is 2.68 bits per heavy atom. The molecule has 1 aromatic carbocycles. The highest BCUT2D eigenvalue weighted by atomic mass is 35.5. The van der Waals surface area contributed by atoms with Gasteiger partial charge in [-0.15, -0.1) is 11.3 Å². The molecule has 1 aliphatic rings. The van der Waals surface area contributed by atoms with Crippen molar-refractivity contribution in [2.24, 2.45) is 0 Å². The van der Waals surface area contributed by atoms with Crippen molar-refractivity contribution in [1.29, 1.82) is 5.26 Å². The molecule has 0 aliphatic carbocycles. The van der Waals surface area contributed by atoms with Gasteiger partial charge in [0.2, 0.25) is 5.91 Å². The maximum atomic E-state index is 12.6. The summed E-state index contributed by atoms with van der Waals surface area (Å²) in [6, 6.07) is 12.8. The molecule has 0 radical (unpaired) electrons. The first kappa shape index (κ1) is 22.9. The fourth-order valence-electron chi connectivity index (χ4n) is 3.11. The number of hydrogen-bond acceptors (Lipinski definition) is 7. The smallest absolute Gasteiger partial charge is 0.336 e. The minimum absolute atomic E-state index is 0.0926. The summed E-state index contributed by atoms with van der Waals surface area (Å²) in [5.74, 6) is -1.12. The lowest BCUT2D eigenvalue weighted by Crippen LogP contribution is -2.29. The molecule has 31 heavy (non-hydrogen) atoms. The largest absolute Gasteiger partial charge is 0.463 e. The monoisotopic (exact) mass is 473 g/mol. The third-order valence-corrected chi connectivity index (χ3v) is 6.65. The van der Waals surface area contributed by atoms with Crippen molar-refractivity contribution in [1.82, 2.24) is 5.32 Å². The zero-order valence-electron chi connectivity index (χ0n) is 16.9. The quantitative estimate of drug-likeness (QED) is 0.548. The van der Waals surface area contributed by atoms with Crippen molar-refractivity contribution in [2.75, 3.05) is 17.7 Å². The minimum atomic E-state index is -0.535. The number of anilines is 1. The number of allylic oxidation sites excluding steroid dienone is 2. The summed E-state index contributed by atoms with van der Waals surface area (Å²) in [7, 11) is 0. The number of esters is 1. The molecule has 1 aliphatic heterocycles. The molecule has 1 aromatic heterocycles. The highest BCUT2D eigenvalue weighted by molar-refractivity contribution is 8.03. The molecule has 0 bridgehead atoms. The molecule has 0 saturated carbocycles. The summed E-state index contributed by atoms with van der Waals surface area (Å²) >= 11 is 8.55. The van der Waals surface area contributed by atoms with Crippen LogP contribution in [-0.4, -0.2) is 24.2 Å². The Balaban J connectivity index is 1.83. The van der Waals surface area contributed by atoms with Crippen LogP contribution < -0.4 is 10.6 Å². The number of benzene rings is 1. The van der Waals surface area contributed by atoms with Crippen LogP contribution in [0, 0.1) is 11.3 Å².